The van der Waals surface area contributed by atoms with Crippen molar-refractivity contribution in [1.82, 2.24) is 4.98 Å². The number of carboxylic acid groups (broad SMARTS) is 1. The van der Waals surface area contributed by atoms with Crippen LogP contribution in [0.5, 0.6) is 0 Å². The van der Waals surface area contributed by atoms with Gasteiger partial charge < -0.3 is 5.11 Å². The van der Waals surface area contributed by atoms with Crippen molar-refractivity contribution in [1.29, 1.82) is 5.26 Å². The van der Waals surface area contributed by atoms with Crippen LogP contribution in [0.1, 0.15) is 15.9 Å². The summed E-state index contributed by atoms with van der Waals surface area (Å²) in [5.41, 5.74) is 0.182. The Bertz CT molecular complexity index is 984. The summed E-state index contributed by atoms with van der Waals surface area (Å²) in [5, 5.41) is 18.4. The van der Waals surface area contributed by atoms with Crippen LogP contribution in [0.3, 0.4) is 0 Å². The molecule has 0 unspecified atom stereocenters. The van der Waals surface area contributed by atoms with Crippen LogP contribution in [-0.2, 0) is 0 Å². The Morgan fingerprint density at radius 1 is 1.16 bits per heavy atom. The number of nitrogens with zero attached hydrogens (tertiary/aromatic N) is 2. The van der Waals surface area contributed by atoms with Crippen molar-refractivity contribution in [3.05, 3.63) is 77.7 Å². The maximum Gasteiger partial charge on any atom is 0.338 e. The number of rotatable bonds is 4. The van der Waals surface area contributed by atoms with Crippen molar-refractivity contribution < 1.29 is 14.3 Å². The lowest BCUT2D eigenvalue weighted by Crippen LogP contribution is -2.03. The summed E-state index contributed by atoms with van der Waals surface area (Å²) in [6, 6.07) is 17.6. The molecule has 4 nitrogen and oxygen atoms in total. The van der Waals surface area contributed by atoms with Crippen LogP contribution in [0.2, 0.25) is 0 Å². The highest BCUT2D eigenvalue weighted by atomic mass is 32.2. The Morgan fingerprint density at radius 2 is 1.92 bits per heavy atom. The van der Waals surface area contributed by atoms with E-state index < -0.39 is 17.3 Å². The summed E-state index contributed by atoms with van der Waals surface area (Å²) in [7, 11) is 0. The van der Waals surface area contributed by atoms with E-state index in [1.165, 1.54) is 24.0 Å². The molecule has 0 aliphatic heterocycles. The minimum atomic E-state index is -1.36. The van der Waals surface area contributed by atoms with Crippen LogP contribution in [0.25, 0.3) is 11.3 Å². The molecule has 0 fully saturated rings. The van der Waals surface area contributed by atoms with Crippen molar-refractivity contribution in [2.24, 2.45) is 0 Å². The number of hydrogen-bond donors (Lipinski definition) is 1. The summed E-state index contributed by atoms with van der Waals surface area (Å²) >= 11 is 1.42. The molecular formula is C19H11FN2O2S. The minimum Gasteiger partial charge on any atom is -0.478 e. The van der Waals surface area contributed by atoms with Crippen LogP contribution < -0.4 is 0 Å². The Labute approximate surface area is 147 Å². The largest absolute Gasteiger partial charge is 0.478 e. The molecule has 0 atom stereocenters. The number of nitriles is 1. The standard InChI is InChI=1S/C19H11FN2O2S/c20-17-15(19(23)24)8-9-22-18(17)12-6-7-16(13(10-12)11-21)25-14-4-2-1-3-5-14/h1-10H,(H,23,24). The molecule has 1 aromatic heterocycles. The SMILES string of the molecule is N#Cc1cc(-c2nccc(C(=O)O)c2F)ccc1Sc1ccccc1. The lowest BCUT2D eigenvalue weighted by molar-refractivity contribution is 0.0692. The predicted octanol–water partition coefficient (Wildman–Crippen LogP) is 4.61. The number of hydrogen-bond acceptors (Lipinski definition) is 4. The van der Waals surface area contributed by atoms with E-state index in [9.17, 15) is 14.4 Å². The molecule has 3 aromatic rings. The van der Waals surface area contributed by atoms with E-state index >= 15 is 0 Å². The Hall–Kier alpha value is -3.17. The van der Waals surface area contributed by atoms with Gasteiger partial charge in [-0.25, -0.2) is 9.18 Å². The van der Waals surface area contributed by atoms with Gasteiger partial charge >= 0.3 is 5.97 Å². The smallest absolute Gasteiger partial charge is 0.338 e. The average Bonchev–Trinajstić information content (AvgIpc) is 2.63. The first-order valence-corrected chi connectivity index (χ1v) is 8.07. The number of benzene rings is 2. The van der Waals surface area contributed by atoms with Gasteiger partial charge in [-0.2, -0.15) is 5.26 Å². The van der Waals surface area contributed by atoms with Gasteiger partial charge in [-0.05, 0) is 30.3 Å². The van der Waals surface area contributed by atoms with Crippen LogP contribution in [0.15, 0.2) is 70.6 Å². The molecule has 3 rings (SSSR count). The van der Waals surface area contributed by atoms with Gasteiger partial charge in [-0.15, -0.1) is 0 Å². The number of aromatic nitrogens is 1. The monoisotopic (exact) mass is 350 g/mol. The van der Waals surface area contributed by atoms with E-state index in [1.807, 2.05) is 30.3 Å². The van der Waals surface area contributed by atoms with Crippen LogP contribution in [0, 0.1) is 17.1 Å². The van der Waals surface area contributed by atoms with E-state index in [0.29, 0.717) is 11.1 Å². The third-order valence-electron chi connectivity index (χ3n) is 3.46. The fourth-order valence-electron chi connectivity index (χ4n) is 2.28. The van der Waals surface area contributed by atoms with E-state index in [2.05, 4.69) is 11.1 Å². The summed E-state index contributed by atoms with van der Waals surface area (Å²) in [4.78, 5) is 16.7. The maximum absolute atomic E-state index is 14.4. The minimum absolute atomic E-state index is 0.0901. The number of carboxylic acids is 1. The molecule has 0 aliphatic rings. The van der Waals surface area contributed by atoms with Crippen molar-refractivity contribution in [3.63, 3.8) is 0 Å². The molecule has 0 bridgehead atoms. The molecule has 0 aliphatic carbocycles. The van der Waals surface area contributed by atoms with E-state index in [0.717, 1.165) is 15.9 Å². The highest BCUT2D eigenvalue weighted by molar-refractivity contribution is 7.99. The van der Waals surface area contributed by atoms with Crippen LogP contribution in [-0.4, -0.2) is 16.1 Å². The Balaban J connectivity index is 2.02. The Morgan fingerprint density at radius 3 is 2.60 bits per heavy atom. The Kier molecular flexibility index (Phi) is 4.78. The van der Waals surface area contributed by atoms with Crippen molar-refractivity contribution in [2.75, 3.05) is 0 Å². The quantitative estimate of drug-likeness (QED) is 0.744. The molecule has 0 spiro atoms. The molecule has 1 N–H and O–H groups in total. The van der Waals surface area contributed by atoms with Crippen molar-refractivity contribution in [3.8, 4) is 17.3 Å². The highest BCUT2D eigenvalue weighted by Crippen LogP contribution is 2.33. The molecule has 122 valence electrons. The van der Waals surface area contributed by atoms with Crippen LogP contribution in [0.4, 0.5) is 4.39 Å². The second-order valence-corrected chi connectivity index (χ2v) is 6.18. The number of halogens is 1. The van der Waals surface area contributed by atoms with Gasteiger partial charge in [0.15, 0.2) is 5.82 Å². The van der Waals surface area contributed by atoms with Gasteiger partial charge in [0.2, 0.25) is 0 Å². The first-order valence-electron chi connectivity index (χ1n) is 7.25. The summed E-state index contributed by atoms with van der Waals surface area (Å²) in [6.45, 7) is 0. The third-order valence-corrected chi connectivity index (χ3v) is 4.55. The highest BCUT2D eigenvalue weighted by Gasteiger charge is 2.17. The number of carbonyl (C=O) groups is 1. The average molecular weight is 350 g/mol. The summed E-state index contributed by atoms with van der Waals surface area (Å²) < 4.78 is 14.4. The van der Waals surface area contributed by atoms with Gasteiger partial charge in [-0.3, -0.25) is 4.98 Å². The number of aromatic carboxylic acids is 1. The molecule has 2 aromatic carbocycles. The lowest BCUT2D eigenvalue weighted by Gasteiger charge is -2.08. The number of pyridine rings is 1. The first kappa shape index (κ1) is 16.7. The predicted molar refractivity (Wildman–Crippen MR) is 91.9 cm³/mol. The molecule has 0 radical (unpaired) electrons. The van der Waals surface area contributed by atoms with E-state index in [1.54, 1.807) is 12.1 Å². The second kappa shape index (κ2) is 7.16. The van der Waals surface area contributed by atoms with Crippen molar-refractivity contribution >= 4 is 17.7 Å². The van der Waals surface area contributed by atoms with Gasteiger partial charge in [0, 0.05) is 21.6 Å². The third kappa shape index (κ3) is 3.52. The normalized spacial score (nSPS) is 10.2. The van der Waals surface area contributed by atoms with Gasteiger partial charge in [0.1, 0.15) is 11.8 Å². The molecule has 0 saturated heterocycles. The van der Waals surface area contributed by atoms with Crippen LogP contribution >= 0.6 is 11.8 Å². The van der Waals surface area contributed by atoms with E-state index in [4.69, 9.17) is 5.11 Å². The van der Waals surface area contributed by atoms with E-state index in [-0.39, 0.29) is 5.69 Å². The summed E-state index contributed by atoms with van der Waals surface area (Å²) in [6.07, 6.45) is 1.24. The second-order valence-electron chi connectivity index (χ2n) is 5.06. The lowest BCUT2D eigenvalue weighted by atomic mass is 10.1. The molecule has 25 heavy (non-hydrogen) atoms. The fraction of sp³-hybridized carbons (Fsp3) is 0. The maximum atomic E-state index is 14.4. The zero-order valence-corrected chi connectivity index (χ0v) is 13.6. The zero-order chi connectivity index (χ0) is 17.8. The topological polar surface area (TPSA) is 74.0 Å². The molecule has 0 amide bonds. The van der Waals surface area contributed by atoms with Gasteiger partial charge in [0.25, 0.3) is 0 Å². The molecule has 0 saturated carbocycles. The molecule has 6 heteroatoms. The van der Waals surface area contributed by atoms with Crippen molar-refractivity contribution in [2.45, 2.75) is 9.79 Å². The first-order chi connectivity index (χ1) is 12.1. The molecule has 1 heterocycles. The van der Waals surface area contributed by atoms with Gasteiger partial charge in [0.05, 0.1) is 11.1 Å². The summed E-state index contributed by atoms with van der Waals surface area (Å²) in [5.74, 6) is -2.28. The zero-order valence-electron chi connectivity index (χ0n) is 12.8. The molecular weight excluding hydrogens is 339 g/mol. The van der Waals surface area contributed by atoms with Gasteiger partial charge in [-0.1, -0.05) is 36.0 Å². The fourth-order valence-corrected chi connectivity index (χ4v) is 3.18.